The van der Waals surface area contributed by atoms with E-state index in [-0.39, 0.29) is 5.69 Å². The number of hydrogen-bond donors (Lipinski definition) is 0. The zero-order valence-electron chi connectivity index (χ0n) is 27.0. The number of hydrogen-bond acceptors (Lipinski definition) is 4. The van der Waals surface area contributed by atoms with Crippen molar-refractivity contribution in [3.8, 4) is 56.2 Å². The van der Waals surface area contributed by atoms with Crippen molar-refractivity contribution >= 4 is 33.0 Å². The molecule has 3 aromatic heterocycles. The fourth-order valence-corrected chi connectivity index (χ4v) is 6.87. The molecule has 0 aliphatic heterocycles. The van der Waals surface area contributed by atoms with Crippen molar-refractivity contribution in [3.63, 3.8) is 0 Å². The fourth-order valence-electron chi connectivity index (χ4n) is 6.87. The van der Waals surface area contributed by atoms with Crippen molar-refractivity contribution in [2.75, 3.05) is 0 Å². The molecular weight excluding hydrogens is 604 g/mol. The number of furan rings is 1. The average Bonchev–Trinajstić information content (AvgIpc) is 3.65. The molecule has 0 aliphatic carbocycles. The summed E-state index contributed by atoms with van der Waals surface area (Å²) < 4.78 is 9.56. The minimum absolute atomic E-state index is 0.0401. The molecule has 9 aromatic rings. The van der Waals surface area contributed by atoms with Gasteiger partial charge < -0.3 is 4.42 Å². The SMILES string of the molecule is Cn1c(=O)n(C)c2cc(-c3cccc(-c4cc(-c5cccc(-c6cccc7oc8ccccc8c67)c5)nc(-c5ccccc5)n4)c3)ccc21. The highest BCUT2D eigenvalue weighted by molar-refractivity contribution is 6.12. The van der Waals surface area contributed by atoms with Crippen LogP contribution >= 0.6 is 0 Å². The highest BCUT2D eigenvalue weighted by atomic mass is 16.3. The Morgan fingerprint density at radius 2 is 1.08 bits per heavy atom. The van der Waals surface area contributed by atoms with Crippen LogP contribution in [0.25, 0.3) is 89.1 Å². The molecule has 234 valence electrons. The third-order valence-corrected chi connectivity index (χ3v) is 9.39. The van der Waals surface area contributed by atoms with Crippen LogP contribution in [0.3, 0.4) is 0 Å². The van der Waals surface area contributed by atoms with E-state index in [1.54, 1.807) is 16.2 Å². The van der Waals surface area contributed by atoms with Crippen molar-refractivity contribution in [1.29, 1.82) is 0 Å². The molecule has 0 fully saturated rings. The van der Waals surface area contributed by atoms with Crippen LogP contribution in [0.2, 0.25) is 0 Å². The summed E-state index contributed by atoms with van der Waals surface area (Å²) in [4.78, 5) is 22.8. The number of para-hydroxylation sites is 1. The van der Waals surface area contributed by atoms with Gasteiger partial charge in [-0.1, -0.05) is 103 Å². The van der Waals surface area contributed by atoms with Crippen LogP contribution in [0, 0.1) is 0 Å². The topological polar surface area (TPSA) is 65.8 Å². The molecule has 6 nitrogen and oxygen atoms in total. The molecule has 3 heterocycles. The fraction of sp³-hybridized carbons (Fsp3) is 0.0465. The van der Waals surface area contributed by atoms with E-state index in [0.717, 1.165) is 83.3 Å². The number of benzene rings is 6. The summed E-state index contributed by atoms with van der Waals surface area (Å²) in [5, 5.41) is 2.21. The van der Waals surface area contributed by atoms with Crippen LogP contribution < -0.4 is 5.69 Å². The van der Waals surface area contributed by atoms with Gasteiger partial charge in [0.15, 0.2) is 5.82 Å². The molecule has 0 aliphatic rings. The maximum Gasteiger partial charge on any atom is 0.328 e. The van der Waals surface area contributed by atoms with Gasteiger partial charge in [-0.05, 0) is 64.7 Å². The Kier molecular flexibility index (Phi) is 6.62. The van der Waals surface area contributed by atoms with Crippen molar-refractivity contribution in [2.45, 2.75) is 0 Å². The van der Waals surface area contributed by atoms with E-state index in [1.807, 2.05) is 67.7 Å². The van der Waals surface area contributed by atoms with E-state index in [4.69, 9.17) is 14.4 Å². The summed E-state index contributed by atoms with van der Waals surface area (Å²) in [6, 6.07) is 49.7. The molecule has 0 amide bonds. The second kappa shape index (κ2) is 11.3. The molecule has 6 heteroatoms. The molecule has 0 spiro atoms. The first-order valence-electron chi connectivity index (χ1n) is 16.2. The first-order chi connectivity index (χ1) is 24.0. The monoisotopic (exact) mass is 634 g/mol. The summed E-state index contributed by atoms with van der Waals surface area (Å²) in [6.07, 6.45) is 0. The molecule has 0 atom stereocenters. The summed E-state index contributed by atoms with van der Waals surface area (Å²) in [6.45, 7) is 0. The zero-order valence-corrected chi connectivity index (χ0v) is 27.0. The van der Waals surface area contributed by atoms with Crippen LogP contribution in [-0.2, 0) is 14.1 Å². The van der Waals surface area contributed by atoms with Gasteiger partial charge in [-0.3, -0.25) is 9.13 Å². The van der Waals surface area contributed by atoms with Crippen LogP contribution in [0.4, 0.5) is 0 Å². The quantitative estimate of drug-likeness (QED) is 0.189. The lowest BCUT2D eigenvalue weighted by molar-refractivity contribution is 0.669. The number of nitrogens with zero attached hydrogens (tertiary/aromatic N) is 4. The largest absolute Gasteiger partial charge is 0.456 e. The highest BCUT2D eigenvalue weighted by Crippen LogP contribution is 2.38. The Labute approximate surface area is 282 Å². The number of fused-ring (bicyclic) bond motifs is 4. The highest BCUT2D eigenvalue weighted by Gasteiger charge is 2.16. The van der Waals surface area contributed by atoms with E-state index < -0.39 is 0 Å². The van der Waals surface area contributed by atoms with Gasteiger partial charge in [0, 0.05) is 41.6 Å². The maximum absolute atomic E-state index is 12.6. The number of imidazole rings is 1. The van der Waals surface area contributed by atoms with Crippen molar-refractivity contribution < 1.29 is 4.42 Å². The third-order valence-electron chi connectivity index (χ3n) is 9.39. The zero-order chi connectivity index (χ0) is 33.1. The predicted molar refractivity (Wildman–Crippen MR) is 198 cm³/mol. The van der Waals surface area contributed by atoms with Crippen LogP contribution in [0.5, 0.6) is 0 Å². The van der Waals surface area contributed by atoms with Crippen molar-refractivity contribution in [1.82, 2.24) is 19.1 Å². The smallest absolute Gasteiger partial charge is 0.328 e. The lowest BCUT2D eigenvalue weighted by Crippen LogP contribution is -2.19. The Morgan fingerprint density at radius 3 is 1.88 bits per heavy atom. The molecule has 0 saturated carbocycles. The van der Waals surface area contributed by atoms with E-state index >= 15 is 0 Å². The first-order valence-corrected chi connectivity index (χ1v) is 16.2. The van der Waals surface area contributed by atoms with E-state index in [2.05, 4.69) is 84.9 Å². The Balaban J connectivity index is 1.18. The lowest BCUT2D eigenvalue weighted by atomic mass is 9.96. The van der Waals surface area contributed by atoms with Gasteiger partial charge in [0.25, 0.3) is 0 Å². The van der Waals surface area contributed by atoms with Gasteiger partial charge >= 0.3 is 5.69 Å². The minimum Gasteiger partial charge on any atom is -0.456 e. The third kappa shape index (κ3) is 4.85. The number of aryl methyl sites for hydroxylation is 2. The van der Waals surface area contributed by atoms with Crippen molar-refractivity contribution in [2.24, 2.45) is 14.1 Å². The van der Waals surface area contributed by atoms with Gasteiger partial charge in [-0.2, -0.15) is 0 Å². The molecule has 0 saturated heterocycles. The van der Waals surface area contributed by atoms with Gasteiger partial charge in [-0.25, -0.2) is 14.8 Å². The van der Waals surface area contributed by atoms with Gasteiger partial charge in [0.1, 0.15) is 11.2 Å². The van der Waals surface area contributed by atoms with Gasteiger partial charge in [0.05, 0.1) is 22.4 Å². The van der Waals surface area contributed by atoms with Crippen LogP contribution in [-0.4, -0.2) is 19.1 Å². The summed E-state index contributed by atoms with van der Waals surface area (Å²) >= 11 is 0. The Bertz CT molecular complexity index is 2770. The molecule has 9 rings (SSSR count). The first kappa shape index (κ1) is 28.7. The van der Waals surface area contributed by atoms with E-state index in [0.29, 0.717) is 5.82 Å². The Morgan fingerprint density at radius 1 is 0.490 bits per heavy atom. The van der Waals surface area contributed by atoms with Crippen LogP contribution in [0.1, 0.15) is 0 Å². The summed E-state index contributed by atoms with van der Waals surface area (Å²) in [7, 11) is 3.61. The van der Waals surface area contributed by atoms with E-state index in [9.17, 15) is 4.79 Å². The molecule has 0 bridgehead atoms. The average molecular weight is 635 g/mol. The Hall–Kier alpha value is -6.53. The summed E-state index contributed by atoms with van der Waals surface area (Å²) in [5.41, 5.74) is 12.4. The molecule has 6 aromatic carbocycles. The lowest BCUT2D eigenvalue weighted by Gasteiger charge is -2.12. The molecular formula is C43H30N4O2. The van der Waals surface area contributed by atoms with E-state index in [1.165, 1.54) is 0 Å². The van der Waals surface area contributed by atoms with Gasteiger partial charge in [-0.15, -0.1) is 0 Å². The molecule has 49 heavy (non-hydrogen) atoms. The number of aromatic nitrogens is 4. The standard InChI is InChI=1S/C43H30N4O2/c1-46-37-22-21-29(25-38(37)47(2)43(46)48)28-13-8-15-31(23-28)35-26-36(45-42(44-35)27-11-4-3-5-12-27)32-16-9-14-30(24-32)33-18-10-20-40-41(33)34-17-6-7-19-39(34)49-40/h3-26H,1-2H3. The maximum atomic E-state index is 12.6. The second-order valence-electron chi connectivity index (χ2n) is 12.4. The molecule has 0 radical (unpaired) electrons. The molecule has 0 unspecified atom stereocenters. The number of rotatable bonds is 5. The van der Waals surface area contributed by atoms with Crippen molar-refractivity contribution in [3.05, 3.63) is 156 Å². The van der Waals surface area contributed by atoms with Crippen LogP contribution in [0.15, 0.2) is 155 Å². The second-order valence-corrected chi connectivity index (χ2v) is 12.4. The molecule has 0 N–H and O–H groups in total. The predicted octanol–water partition coefficient (Wildman–Crippen LogP) is 9.90. The minimum atomic E-state index is -0.0401. The summed E-state index contributed by atoms with van der Waals surface area (Å²) in [5.74, 6) is 0.660. The normalized spacial score (nSPS) is 11.6. The van der Waals surface area contributed by atoms with Gasteiger partial charge in [0.2, 0.25) is 0 Å².